The highest BCUT2D eigenvalue weighted by molar-refractivity contribution is 5.76. The lowest BCUT2D eigenvalue weighted by atomic mass is 10.2. The minimum absolute atomic E-state index is 0.00541. The Morgan fingerprint density at radius 1 is 1.69 bits per heavy atom. The molecule has 0 spiro atoms. The van der Waals surface area contributed by atoms with Crippen molar-refractivity contribution in [3.8, 4) is 0 Å². The lowest BCUT2D eigenvalue weighted by molar-refractivity contribution is -0.163. The Labute approximate surface area is 96.3 Å². The van der Waals surface area contributed by atoms with Crippen LogP contribution < -0.4 is 5.32 Å². The minimum Gasteiger partial charge on any atom is -0.474 e. The maximum absolute atomic E-state index is 11.2. The summed E-state index contributed by atoms with van der Waals surface area (Å²) in [5.74, 6) is 0.493. The van der Waals surface area contributed by atoms with Gasteiger partial charge in [-0.05, 0) is 27.4 Å². The molecule has 1 aliphatic rings. The quantitative estimate of drug-likeness (QED) is 0.730. The smallest absolute Gasteiger partial charge is 0.248 e. The lowest BCUT2D eigenvalue weighted by Crippen LogP contribution is -2.31. The van der Waals surface area contributed by atoms with Crippen LogP contribution in [0.4, 0.5) is 0 Å². The molecule has 1 fully saturated rings. The molecule has 1 saturated heterocycles. The lowest BCUT2D eigenvalue weighted by Gasteiger charge is -2.24. The molecule has 92 valence electrons. The summed E-state index contributed by atoms with van der Waals surface area (Å²) in [7, 11) is 1.61. The van der Waals surface area contributed by atoms with E-state index in [-0.39, 0.29) is 17.6 Å². The van der Waals surface area contributed by atoms with E-state index in [9.17, 15) is 4.79 Å². The van der Waals surface area contributed by atoms with Gasteiger partial charge in [0.1, 0.15) is 11.7 Å². The van der Waals surface area contributed by atoms with E-state index in [0.717, 1.165) is 0 Å². The molecule has 0 radical (unpaired) electrons. The van der Waals surface area contributed by atoms with Crippen LogP contribution in [0.1, 0.15) is 27.2 Å². The Kier molecular flexibility index (Phi) is 3.80. The number of hydrogen-bond acceptors (Lipinski definition) is 4. The number of carbonyl (C=O) groups is 1. The molecule has 1 rings (SSSR count). The van der Waals surface area contributed by atoms with Crippen molar-refractivity contribution in [3.05, 3.63) is 12.5 Å². The van der Waals surface area contributed by atoms with Gasteiger partial charge in [0.2, 0.25) is 5.91 Å². The molecule has 5 heteroatoms. The normalized spacial score (nSPS) is 21.1. The first kappa shape index (κ1) is 12.8. The summed E-state index contributed by atoms with van der Waals surface area (Å²) < 4.78 is 5.49. The van der Waals surface area contributed by atoms with E-state index in [0.29, 0.717) is 18.8 Å². The molecule has 1 heterocycles. The Morgan fingerprint density at radius 3 is 2.75 bits per heavy atom. The topological polar surface area (TPSA) is 50.8 Å². The van der Waals surface area contributed by atoms with Crippen LogP contribution in [-0.4, -0.2) is 36.3 Å². The highest BCUT2D eigenvalue weighted by Gasteiger charge is 2.28. The second-order valence-electron chi connectivity index (χ2n) is 4.84. The molecule has 0 aromatic heterocycles. The molecule has 1 amide bonds. The summed E-state index contributed by atoms with van der Waals surface area (Å²) in [6, 6.07) is 0. The van der Waals surface area contributed by atoms with E-state index in [1.165, 1.54) is 5.06 Å². The van der Waals surface area contributed by atoms with Crippen LogP contribution in [0, 0.1) is 0 Å². The molecule has 0 aromatic rings. The van der Waals surface area contributed by atoms with Crippen LogP contribution in [0.3, 0.4) is 0 Å². The zero-order valence-electron chi connectivity index (χ0n) is 10.4. The van der Waals surface area contributed by atoms with E-state index < -0.39 is 0 Å². The Hall–Kier alpha value is -1.23. The van der Waals surface area contributed by atoms with Crippen molar-refractivity contribution >= 4 is 5.91 Å². The van der Waals surface area contributed by atoms with Crippen LogP contribution in [0.15, 0.2) is 12.5 Å². The van der Waals surface area contributed by atoms with Gasteiger partial charge < -0.3 is 10.1 Å². The highest BCUT2D eigenvalue weighted by atomic mass is 16.7. The van der Waals surface area contributed by atoms with Crippen molar-refractivity contribution in [2.24, 2.45) is 0 Å². The Bertz CT molecular complexity index is 283. The fraction of sp³-hybridized carbons (Fsp3) is 0.727. The molecule has 5 nitrogen and oxygen atoms in total. The molecule has 0 aromatic carbocycles. The van der Waals surface area contributed by atoms with Crippen LogP contribution in [0.5, 0.6) is 0 Å². The van der Waals surface area contributed by atoms with Gasteiger partial charge in [0.25, 0.3) is 0 Å². The first-order valence-corrected chi connectivity index (χ1v) is 5.33. The third kappa shape index (κ3) is 4.10. The second kappa shape index (κ2) is 4.74. The van der Waals surface area contributed by atoms with Crippen molar-refractivity contribution in [1.82, 2.24) is 10.4 Å². The molecular weight excluding hydrogens is 208 g/mol. The number of hydroxylamine groups is 2. The van der Waals surface area contributed by atoms with Crippen molar-refractivity contribution in [1.29, 1.82) is 0 Å². The highest BCUT2D eigenvalue weighted by Crippen LogP contribution is 2.14. The van der Waals surface area contributed by atoms with E-state index in [4.69, 9.17) is 9.57 Å². The van der Waals surface area contributed by atoms with Gasteiger partial charge in [-0.2, -0.15) is 0 Å². The summed E-state index contributed by atoms with van der Waals surface area (Å²) in [4.78, 5) is 16.5. The van der Waals surface area contributed by atoms with Gasteiger partial charge in [-0.1, -0.05) is 0 Å². The molecule has 1 aliphatic heterocycles. The fourth-order valence-corrected chi connectivity index (χ4v) is 1.39. The zero-order valence-corrected chi connectivity index (χ0v) is 10.4. The van der Waals surface area contributed by atoms with Gasteiger partial charge in [0.05, 0.1) is 6.42 Å². The minimum atomic E-state index is -0.271. The zero-order chi connectivity index (χ0) is 12.3. The summed E-state index contributed by atoms with van der Waals surface area (Å²) in [6.07, 6.45) is 0.254. The predicted octanol–water partition coefficient (Wildman–Crippen LogP) is 1.02. The second-order valence-corrected chi connectivity index (χ2v) is 4.84. The summed E-state index contributed by atoms with van der Waals surface area (Å²) in [6.45, 7) is 10.1. The van der Waals surface area contributed by atoms with Crippen molar-refractivity contribution in [2.45, 2.75) is 38.9 Å². The SMILES string of the molecule is C=C(NCC1CC(=O)N(C)O1)OC(C)(C)C. The molecule has 1 unspecified atom stereocenters. The number of rotatable bonds is 4. The number of carbonyl (C=O) groups excluding carboxylic acids is 1. The largest absolute Gasteiger partial charge is 0.474 e. The summed E-state index contributed by atoms with van der Waals surface area (Å²) in [5, 5.41) is 4.27. The van der Waals surface area contributed by atoms with Crippen LogP contribution in [0.2, 0.25) is 0 Å². The first-order valence-electron chi connectivity index (χ1n) is 5.33. The van der Waals surface area contributed by atoms with E-state index >= 15 is 0 Å². The monoisotopic (exact) mass is 228 g/mol. The molecule has 16 heavy (non-hydrogen) atoms. The van der Waals surface area contributed by atoms with Crippen molar-refractivity contribution < 1.29 is 14.4 Å². The van der Waals surface area contributed by atoms with Crippen LogP contribution >= 0.6 is 0 Å². The van der Waals surface area contributed by atoms with Gasteiger partial charge in [0.15, 0.2) is 5.88 Å². The summed E-state index contributed by atoms with van der Waals surface area (Å²) >= 11 is 0. The Balaban J connectivity index is 2.26. The standard InChI is InChI=1S/C11H20N2O3/c1-8(15-11(2,3)4)12-7-9-6-10(14)13(5)16-9/h9,12H,1,6-7H2,2-5H3. The van der Waals surface area contributed by atoms with Gasteiger partial charge in [-0.15, -0.1) is 0 Å². The number of ether oxygens (including phenoxy) is 1. The fourth-order valence-electron chi connectivity index (χ4n) is 1.39. The van der Waals surface area contributed by atoms with E-state index in [1.54, 1.807) is 7.05 Å². The van der Waals surface area contributed by atoms with Gasteiger partial charge in [-0.25, -0.2) is 5.06 Å². The maximum Gasteiger partial charge on any atom is 0.248 e. The molecule has 0 aliphatic carbocycles. The van der Waals surface area contributed by atoms with Crippen LogP contribution in [-0.2, 0) is 14.4 Å². The van der Waals surface area contributed by atoms with Gasteiger partial charge in [-0.3, -0.25) is 9.63 Å². The molecular formula is C11H20N2O3. The third-order valence-corrected chi connectivity index (χ3v) is 2.02. The average molecular weight is 228 g/mol. The van der Waals surface area contributed by atoms with E-state index in [1.807, 2.05) is 20.8 Å². The summed E-state index contributed by atoms with van der Waals surface area (Å²) in [5.41, 5.74) is -0.271. The number of nitrogens with zero attached hydrogens (tertiary/aromatic N) is 1. The number of amides is 1. The number of hydrogen-bond donors (Lipinski definition) is 1. The van der Waals surface area contributed by atoms with Gasteiger partial charge in [0, 0.05) is 13.6 Å². The predicted molar refractivity (Wildman–Crippen MR) is 60.2 cm³/mol. The maximum atomic E-state index is 11.2. The molecule has 0 saturated carbocycles. The van der Waals surface area contributed by atoms with Gasteiger partial charge >= 0.3 is 0 Å². The average Bonchev–Trinajstić information content (AvgIpc) is 2.40. The third-order valence-electron chi connectivity index (χ3n) is 2.02. The van der Waals surface area contributed by atoms with Crippen molar-refractivity contribution in [3.63, 3.8) is 0 Å². The molecule has 0 bridgehead atoms. The Morgan fingerprint density at radius 2 is 2.31 bits per heavy atom. The van der Waals surface area contributed by atoms with E-state index in [2.05, 4.69) is 11.9 Å². The van der Waals surface area contributed by atoms with Crippen LogP contribution in [0.25, 0.3) is 0 Å². The first-order chi connectivity index (χ1) is 7.28. The molecule has 1 N–H and O–H groups in total. The molecule has 1 atom stereocenters. The number of nitrogens with one attached hydrogen (secondary N) is 1. The van der Waals surface area contributed by atoms with Crippen molar-refractivity contribution in [2.75, 3.05) is 13.6 Å².